The van der Waals surface area contributed by atoms with Gasteiger partial charge in [0.15, 0.2) is 0 Å². The van der Waals surface area contributed by atoms with Crippen LogP contribution in [0.1, 0.15) is 76.2 Å². The Labute approximate surface area is 425 Å². The van der Waals surface area contributed by atoms with E-state index in [0.717, 1.165) is 107 Å². The monoisotopic (exact) mass is 987 g/mol. The first-order valence-corrected chi connectivity index (χ1v) is 25.8. The van der Waals surface area contributed by atoms with Crippen LogP contribution in [0.15, 0.2) is 97.1 Å². The summed E-state index contributed by atoms with van der Waals surface area (Å²) in [6.45, 7) is 14.6. The molecule has 1 amide bonds. The van der Waals surface area contributed by atoms with E-state index in [4.69, 9.17) is 26.3 Å². The first-order chi connectivity index (χ1) is 33.9. The fourth-order valence-electron chi connectivity index (χ4n) is 10.6. The molecule has 2 saturated carbocycles. The van der Waals surface area contributed by atoms with E-state index < -0.39 is 5.43 Å². The Morgan fingerprint density at radius 2 is 1.01 bits per heavy atom. The van der Waals surface area contributed by atoms with E-state index in [9.17, 15) is 9.59 Å². The lowest BCUT2D eigenvalue weighted by Crippen LogP contribution is -2.48. The van der Waals surface area contributed by atoms with Crippen molar-refractivity contribution < 1.29 is 19.1 Å². The number of carbonyl (C=O) groups is 2. The summed E-state index contributed by atoms with van der Waals surface area (Å²) in [6, 6.07) is 34.4. The van der Waals surface area contributed by atoms with Crippen LogP contribution in [0.4, 0.5) is 21.0 Å². The summed E-state index contributed by atoms with van der Waals surface area (Å²) in [5, 5.41) is 3.43. The number of ether oxygens (including phenoxy) is 2. The third-order valence-corrected chi connectivity index (χ3v) is 15.2. The number of nitrogens with one attached hydrogen (secondary N) is 1. The van der Waals surface area contributed by atoms with Crippen molar-refractivity contribution in [1.82, 2.24) is 39.1 Å². The van der Waals surface area contributed by atoms with Gasteiger partial charge < -0.3 is 38.6 Å². The molecule has 12 rings (SSSR count). The number of imidazole rings is 2. The highest BCUT2D eigenvalue weighted by atomic mass is 35.5. The van der Waals surface area contributed by atoms with E-state index in [0.29, 0.717) is 19.7 Å². The second-order valence-corrected chi connectivity index (χ2v) is 19.5. The van der Waals surface area contributed by atoms with Crippen molar-refractivity contribution in [3.63, 3.8) is 0 Å². The fourth-order valence-corrected chi connectivity index (χ4v) is 10.7. The highest BCUT2D eigenvalue weighted by Crippen LogP contribution is 2.31. The SMILES string of the molecule is C.C.O=C(Cl)OCc1ccccc1.O=C(OCc1ccccc1)N1CCN(c2ccc3c(c2)nc2n3CCN(C3CCC3)CC2)CC1.c1cc2c(cc1N1CCNCC1)nc1n2CCN(C2CCC2)CC1. The second-order valence-electron chi connectivity index (χ2n) is 19.2. The summed E-state index contributed by atoms with van der Waals surface area (Å²) in [6.07, 6.45) is 10.2. The number of amides is 1. The Kier molecular flexibility index (Phi) is 17.9. The Hall–Kier alpha value is -5.67. The van der Waals surface area contributed by atoms with Crippen LogP contribution < -0.4 is 15.1 Å². The van der Waals surface area contributed by atoms with Crippen molar-refractivity contribution >= 4 is 56.6 Å². The molecule has 4 fully saturated rings. The number of rotatable bonds is 8. The minimum atomic E-state index is -0.770. The molecule has 2 saturated heterocycles. The van der Waals surface area contributed by atoms with Crippen molar-refractivity contribution in [2.45, 2.75) is 105 Å². The smallest absolute Gasteiger partial charge is 0.410 e. The van der Waals surface area contributed by atoms with Gasteiger partial charge in [-0.1, -0.05) is 88.4 Å². The predicted molar refractivity (Wildman–Crippen MR) is 287 cm³/mol. The van der Waals surface area contributed by atoms with Gasteiger partial charge in [-0.15, -0.1) is 0 Å². The number of anilines is 2. The Morgan fingerprint density at radius 3 is 1.46 bits per heavy atom. The van der Waals surface area contributed by atoms with Crippen LogP contribution in [0.3, 0.4) is 0 Å². The molecule has 1 N–H and O–H groups in total. The second kappa shape index (κ2) is 24.6. The molecule has 6 aromatic rings. The first-order valence-electron chi connectivity index (χ1n) is 25.4. The van der Waals surface area contributed by atoms with Crippen LogP contribution in [0, 0.1) is 0 Å². The number of fused-ring (bicyclic) bond motifs is 6. The summed E-state index contributed by atoms with van der Waals surface area (Å²) in [5.74, 6) is 2.50. The molecule has 0 radical (unpaired) electrons. The molecule has 4 aromatic carbocycles. The summed E-state index contributed by atoms with van der Waals surface area (Å²) in [4.78, 5) is 44.7. The molecule has 15 heteroatoms. The standard InChI is InChI=1S/C27H33N5O2.C19H27N5.C8H7ClO2.2CH4/c33-27(34-20-21-5-2-1-3-6-21)31-15-13-30(14-16-31)23-9-10-25-24(19-23)28-26-11-12-29(17-18-32(25)26)22-7-4-8-22;1-2-15(3-1)22-9-6-19-21-17-14-16(23-10-7-20-8-11-23)4-5-18(17)24(19)13-12-22;9-8(10)11-6-7-4-2-1-3-5-7;;/h1-3,5-6,9-10,19,22H,4,7-8,11-18,20H2;4-5,14-15,20H,1-3,6-13H2;1-5H,6H2;2*1H4. The van der Waals surface area contributed by atoms with E-state index in [1.54, 1.807) is 0 Å². The van der Waals surface area contributed by atoms with Gasteiger partial charge >= 0.3 is 11.5 Å². The highest BCUT2D eigenvalue weighted by Gasteiger charge is 2.29. The maximum Gasteiger partial charge on any atom is 0.410 e. The van der Waals surface area contributed by atoms with Gasteiger partial charge in [-0.2, -0.15) is 0 Å². The Bertz CT molecular complexity index is 2640. The number of piperazine rings is 2. The average Bonchev–Trinajstić information content (AvgIpc) is 3.73. The molecule has 0 spiro atoms. The number of carbonyl (C=O) groups excluding carboxylic acids is 2. The van der Waals surface area contributed by atoms with Gasteiger partial charge in [0.25, 0.3) is 0 Å². The third kappa shape index (κ3) is 12.7. The molecule has 0 bridgehead atoms. The van der Waals surface area contributed by atoms with Crippen molar-refractivity contribution in [3.05, 3.63) is 120 Å². The molecule has 4 aliphatic heterocycles. The van der Waals surface area contributed by atoms with E-state index in [1.165, 1.54) is 91.2 Å². The lowest BCUT2D eigenvalue weighted by Gasteiger charge is -2.36. The zero-order chi connectivity index (χ0) is 46.9. The summed E-state index contributed by atoms with van der Waals surface area (Å²) in [5.41, 5.74) is 8.53. The first kappa shape index (κ1) is 51.7. The highest BCUT2D eigenvalue weighted by molar-refractivity contribution is 6.61. The van der Waals surface area contributed by atoms with E-state index in [1.807, 2.05) is 65.6 Å². The maximum atomic E-state index is 12.5. The van der Waals surface area contributed by atoms with E-state index in [2.05, 4.69) is 75.2 Å². The average molecular weight is 988 g/mol. The quantitative estimate of drug-likeness (QED) is 0.147. The molecule has 0 unspecified atom stereocenters. The van der Waals surface area contributed by atoms with Crippen LogP contribution in [-0.4, -0.2) is 136 Å². The molecule has 0 atom stereocenters. The van der Waals surface area contributed by atoms with Crippen LogP contribution in [0.5, 0.6) is 0 Å². The number of hydrogen-bond acceptors (Lipinski definition) is 11. The lowest BCUT2D eigenvalue weighted by molar-refractivity contribution is 0.0942. The predicted octanol–water partition coefficient (Wildman–Crippen LogP) is 9.60. The van der Waals surface area contributed by atoms with E-state index >= 15 is 0 Å². The zero-order valence-electron chi connectivity index (χ0n) is 39.9. The van der Waals surface area contributed by atoms with Crippen LogP contribution in [0.25, 0.3) is 22.1 Å². The minimum absolute atomic E-state index is 0. The largest absolute Gasteiger partial charge is 0.449 e. The maximum absolute atomic E-state index is 12.5. The van der Waals surface area contributed by atoms with Crippen molar-refractivity contribution in [2.24, 2.45) is 0 Å². The van der Waals surface area contributed by atoms with E-state index in [-0.39, 0.29) is 27.6 Å². The lowest BCUT2D eigenvalue weighted by atomic mass is 9.91. The van der Waals surface area contributed by atoms with Gasteiger partial charge in [-0.3, -0.25) is 9.80 Å². The van der Waals surface area contributed by atoms with Gasteiger partial charge in [0.2, 0.25) is 0 Å². The van der Waals surface area contributed by atoms with Crippen molar-refractivity contribution in [2.75, 3.05) is 88.3 Å². The third-order valence-electron chi connectivity index (χ3n) is 15.1. The Morgan fingerprint density at radius 1 is 0.549 bits per heavy atom. The van der Waals surface area contributed by atoms with Crippen molar-refractivity contribution in [3.8, 4) is 0 Å². The molecule has 6 aliphatic rings. The number of benzene rings is 4. The number of nitrogens with zero attached hydrogens (tertiary/aromatic N) is 9. The minimum Gasteiger partial charge on any atom is -0.449 e. The van der Waals surface area contributed by atoms with Crippen LogP contribution in [0.2, 0.25) is 0 Å². The Balaban J connectivity index is 0.000000159. The van der Waals surface area contributed by atoms with Gasteiger partial charge in [0, 0.05) is 140 Å². The van der Waals surface area contributed by atoms with Gasteiger partial charge in [0.1, 0.15) is 24.9 Å². The normalized spacial score (nSPS) is 18.6. The molecule has 2 aliphatic carbocycles. The molecule has 380 valence electrons. The van der Waals surface area contributed by atoms with Gasteiger partial charge in [0.05, 0.1) is 22.1 Å². The van der Waals surface area contributed by atoms with Gasteiger partial charge in [-0.25, -0.2) is 19.6 Å². The molecule has 14 nitrogen and oxygen atoms in total. The van der Waals surface area contributed by atoms with Crippen molar-refractivity contribution in [1.29, 1.82) is 0 Å². The molecular formula is C56H75ClN10O4. The molecule has 6 heterocycles. The number of halogens is 1. The summed E-state index contributed by atoms with van der Waals surface area (Å²) >= 11 is 4.97. The van der Waals surface area contributed by atoms with Crippen LogP contribution >= 0.6 is 11.6 Å². The summed E-state index contributed by atoms with van der Waals surface area (Å²) in [7, 11) is 0. The van der Waals surface area contributed by atoms with Gasteiger partial charge in [-0.05, 0) is 73.2 Å². The summed E-state index contributed by atoms with van der Waals surface area (Å²) < 4.78 is 15.0. The van der Waals surface area contributed by atoms with Crippen LogP contribution in [-0.2, 0) is 48.6 Å². The topological polar surface area (TPSA) is 116 Å². The number of hydrogen-bond donors (Lipinski definition) is 1. The molecular weight excluding hydrogens is 912 g/mol. The zero-order valence-corrected chi connectivity index (χ0v) is 40.7. The molecule has 2 aromatic heterocycles. The molecule has 71 heavy (non-hydrogen) atoms. The fraction of sp³-hybridized carbons (Fsp3) is 0.500. The number of aromatic nitrogens is 4.